The van der Waals surface area contributed by atoms with Crippen LogP contribution in [0.2, 0.25) is 0 Å². The average Bonchev–Trinajstić information content (AvgIpc) is 2.57. The highest BCUT2D eigenvalue weighted by atomic mass is 16.5. The van der Waals surface area contributed by atoms with Crippen molar-refractivity contribution in [3.05, 3.63) is 24.3 Å². The summed E-state index contributed by atoms with van der Waals surface area (Å²) in [6, 6.07) is 7.77. The Balaban J connectivity index is 2.14. The Hall–Kier alpha value is -1.55. The minimum atomic E-state index is 0.147. The molecule has 0 aromatic heterocycles. The smallest absolute Gasteiger partial charge is 0.230 e. The van der Waals surface area contributed by atoms with Crippen molar-refractivity contribution in [3.63, 3.8) is 0 Å². The lowest BCUT2D eigenvalue weighted by Crippen LogP contribution is -2.37. The van der Waals surface area contributed by atoms with Gasteiger partial charge in [-0.1, -0.05) is 26.0 Å². The topological polar surface area (TPSA) is 41.6 Å². The molecule has 104 valence electrons. The van der Waals surface area contributed by atoms with Crippen LogP contribution in [0, 0.1) is 5.92 Å². The molecule has 1 atom stereocenters. The van der Waals surface area contributed by atoms with Gasteiger partial charge in [0, 0.05) is 6.54 Å². The number of hydrogen-bond acceptors (Lipinski definition) is 3. The van der Waals surface area contributed by atoms with Gasteiger partial charge in [0.15, 0.2) is 0 Å². The van der Waals surface area contributed by atoms with Gasteiger partial charge in [0.2, 0.25) is 5.91 Å². The molecule has 0 saturated heterocycles. The van der Waals surface area contributed by atoms with Crippen molar-refractivity contribution in [1.29, 1.82) is 0 Å². The number of fused-ring (bicyclic) bond motifs is 1. The molecular weight excluding hydrogens is 240 g/mol. The number of carbonyl (C=O) groups is 1. The fourth-order valence-electron chi connectivity index (χ4n) is 2.29. The van der Waals surface area contributed by atoms with Crippen molar-refractivity contribution in [2.75, 3.05) is 31.1 Å². The summed E-state index contributed by atoms with van der Waals surface area (Å²) in [5.41, 5.74) is 0.897. The lowest BCUT2D eigenvalue weighted by atomic mass is 10.1. The van der Waals surface area contributed by atoms with E-state index in [9.17, 15) is 4.79 Å². The molecule has 0 radical (unpaired) electrons. The molecule has 1 aliphatic heterocycles. The molecule has 4 nitrogen and oxygen atoms in total. The van der Waals surface area contributed by atoms with Gasteiger partial charge in [-0.15, -0.1) is 0 Å². The van der Waals surface area contributed by atoms with Crippen molar-refractivity contribution in [3.8, 4) is 5.75 Å². The maximum atomic E-state index is 12.2. The number of rotatable bonds is 5. The van der Waals surface area contributed by atoms with E-state index in [1.54, 1.807) is 0 Å². The van der Waals surface area contributed by atoms with Crippen LogP contribution >= 0.6 is 0 Å². The fourth-order valence-corrected chi connectivity index (χ4v) is 2.29. The molecule has 1 amide bonds. The minimum absolute atomic E-state index is 0.147. The Bertz CT molecular complexity index is 434. The monoisotopic (exact) mass is 262 g/mol. The van der Waals surface area contributed by atoms with E-state index in [0.29, 0.717) is 18.9 Å². The molecule has 1 aromatic rings. The molecule has 1 heterocycles. The summed E-state index contributed by atoms with van der Waals surface area (Å²) in [6.45, 7) is 7.32. The average molecular weight is 262 g/mol. The molecule has 1 aliphatic rings. The molecule has 0 fully saturated rings. The normalized spacial score (nSPS) is 16.5. The number of carbonyl (C=O) groups excluding carboxylic acids is 1. The van der Waals surface area contributed by atoms with Crippen LogP contribution in [0.1, 0.15) is 20.3 Å². The summed E-state index contributed by atoms with van der Waals surface area (Å²) in [5.74, 6) is 1.37. The first-order valence-corrected chi connectivity index (χ1v) is 6.95. The first-order valence-electron chi connectivity index (χ1n) is 6.95. The summed E-state index contributed by atoms with van der Waals surface area (Å²) in [4.78, 5) is 14.1. The first-order chi connectivity index (χ1) is 9.22. The van der Waals surface area contributed by atoms with Crippen LogP contribution in [0.25, 0.3) is 0 Å². The lowest BCUT2D eigenvalue weighted by Gasteiger charge is -2.25. The van der Waals surface area contributed by atoms with E-state index in [-0.39, 0.29) is 5.91 Å². The van der Waals surface area contributed by atoms with Gasteiger partial charge in [-0.25, -0.2) is 0 Å². The second kappa shape index (κ2) is 6.57. The van der Waals surface area contributed by atoms with Crippen molar-refractivity contribution in [2.24, 2.45) is 5.92 Å². The zero-order valence-corrected chi connectivity index (χ0v) is 11.7. The van der Waals surface area contributed by atoms with E-state index in [1.807, 2.05) is 29.2 Å². The van der Waals surface area contributed by atoms with E-state index < -0.39 is 0 Å². The molecule has 1 N–H and O–H groups in total. The minimum Gasteiger partial charge on any atom is -0.491 e. The van der Waals surface area contributed by atoms with Gasteiger partial charge in [-0.3, -0.25) is 4.79 Å². The Morgan fingerprint density at radius 2 is 2.21 bits per heavy atom. The Morgan fingerprint density at radius 3 is 3.00 bits per heavy atom. The highest BCUT2D eigenvalue weighted by molar-refractivity contribution is 5.95. The quantitative estimate of drug-likeness (QED) is 0.883. The van der Waals surface area contributed by atoms with Crippen LogP contribution in [-0.2, 0) is 4.79 Å². The maximum Gasteiger partial charge on any atom is 0.230 e. The van der Waals surface area contributed by atoms with Gasteiger partial charge in [0.25, 0.3) is 0 Å². The van der Waals surface area contributed by atoms with Gasteiger partial charge in [-0.05, 0) is 31.1 Å². The molecule has 0 bridgehead atoms. The number of anilines is 1. The van der Waals surface area contributed by atoms with Crippen LogP contribution in [0.3, 0.4) is 0 Å². The maximum absolute atomic E-state index is 12.2. The fraction of sp³-hybridized carbons (Fsp3) is 0.533. The summed E-state index contributed by atoms with van der Waals surface area (Å²) in [5, 5.41) is 3.32. The summed E-state index contributed by atoms with van der Waals surface area (Å²) in [7, 11) is 0. The molecule has 2 rings (SSSR count). The van der Waals surface area contributed by atoms with Crippen LogP contribution in [0.5, 0.6) is 5.75 Å². The van der Waals surface area contributed by atoms with Crippen LogP contribution in [0.15, 0.2) is 24.3 Å². The Kier molecular flexibility index (Phi) is 4.80. The second-order valence-corrected chi connectivity index (χ2v) is 4.98. The van der Waals surface area contributed by atoms with E-state index >= 15 is 0 Å². The largest absolute Gasteiger partial charge is 0.491 e. The molecule has 4 heteroatoms. The van der Waals surface area contributed by atoms with Crippen LogP contribution < -0.4 is 15.0 Å². The van der Waals surface area contributed by atoms with Crippen molar-refractivity contribution in [1.82, 2.24) is 5.32 Å². The Morgan fingerprint density at radius 1 is 1.42 bits per heavy atom. The van der Waals surface area contributed by atoms with Gasteiger partial charge in [-0.2, -0.15) is 0 Å². The van der Waals surface area contributed by atoms with Crippen LogP contribution in [-0.4, -0.2) is 32.1 Å². The molecule has 1 aromatic carbocycles. The van der Waals surface area contributed by atoms with Gasteiger partial charge >= 0.3 is 0 Å². The molecule has 0 spiro atoms. The van der Waals surface area contributed by atoms with E-state index in [2.05, 4.69) is 19.2 Å². The third kappa shape index (κ3) is 3.47. The third-order valence-electron chi connectivity index (χ3n) is 3.27. The molecule has 0 aliphatic carbocycles. The first kappa shape index (κ1) is 13.9. The number of nitrogens with one attached hydrogen (secondary N) is 1. The summed E-state index contributed by atoms with van der Waals surface area (Å²) in [6.07, 6.45) is 0.447. The van der Waals surface area contributed by atoms with E-state index in [4.69, 9.17) is 4.74 Å². The third-order valence-corrected chi connectivity index (χ3v) is 3.27. The van der Waals surface area contributed by atoms with Gasteiger partial charge < -0.3 is 15.0 Å². The van der Waals surface area contributed by atoms with E-state index in [0.717, 1.165) is 31.1 Å². The number of para-hydroxylation sites is 2. The van der Waals surface area contributed by atoms with Crippen molar-refractivity contribution >= 4 is 11.6 Å². The SMILES string of the molecule is CCNCC(C)CN1C(=O)CCOc2ccccc21. The number of benzene rings is 1. The number of ether oxygens (including phenoxy) is 1. The zero-order chi connectivity index (χ0) is 13.7. The zero-order valence-electron chi connectivity index (χ0n) is 11.7. The number of nitrogens with zero attached hydrogens (tertiary/aromatic N) is 1. The van der Waals surface area contributed by atoms with Gasteiger partial charge in [0.1, 0.15) is 5.75 Å². The number of amides is 1. The summed E-state index contributed by atoms with van der Waals surface area (Å²) >= 11 is 0. The standard InChI is InChI=1S/C15H22N2O2/c1-3-16-10-12(2)11-17-13-6-4-5-7-14(13)19-9-8-15(17)18/h4-7,12,16H,3,8-11H2,1-2H3. The van der Waals surface area contributed by atoms with Gasteiger partial charge in [0.05, 0.1) is 18.7 Å². The molecular formula is C15H22N2O2. The van der Waals surface area contributed by atoms with Crippen molar-refractivity contribution < 1.29 is 9.53 Å². The molecule has 19 heavy (non-hydrogen) atoms. The molecule has 1 unspecified atom stereocenters. The van der Waals surface area contributed by atoms with Crippen LogP contribution in [0.4, 0.5) is 5.69 Å². The highest BCUT2D eigenvalue weighted by Crippen LogP contribution is 2.31. The predicted molar refractivity (Wildman–Crippen MR) is 76.6 cm³/mol. The second-order valence-electron chi connectivity index (χ2n) is 4.98. The molecule has 0 saturated carbocycles. The summed E-state index contributed by atoms with van der Waals surface area (Å²) < 4.78 is 5.63. The Labute approximate surface area is 114 Å². The van der Waals surface area contributed by atoms with Crippen molar-refractivity contribution in [2.45, 2.75) is 20.3 Å². The lowest BCUT2D eigenvalue weighted by molar-refractivity contribution is -0.118. The number of hydrogen-bond donors (Lipinski definition) is 1. The van der Waals surface area contributed by atoms with E-state index in [1.165, 1.54) is 0 Å². The highest BCUT2D eigenvalue weighted by Gasteiger charge is 2.24. The predicted octanol–water partition coefficient (Wildman–Crippen LogP) is 2.05.